The summed E-state index contributed by atoms with van der Waals surface area (Å²) >= 11 is 0. The predicted molar refractivity (Wildman–Crippen MR) is 103 cm³/mol. The van der Waals surface area contributed by atoms with Crippen molar-refractivity contribution in [1.82, 2.24) is 10.7 Å². The molecule has 26 heavy (non-hydrogen) atoms. The van der Waals surface area contributed by atoms with Gasteiger partial charge in [-0.15, -0.1) is 0 Å². The summed E-state index contributed by atoms with van der Waals surface area (Å²) in [6.07, 6.45) is 1.89. The summed E-state index contributed by atoms with van der Waals surface area (Å²) in [6, 6.07) is 16.5. The molecule has 0 bridgehead atoms. The van der Waals surface area contributed by atoms with Crippen LogP contribution in [0.2, 0.25) is 0 Å². The van der Waals surface area contributed by atoms with Gasteiger partial charge in [-0.2, -0.15) is 0 Å². The van der Waals surface area contributed by atoms with Crippen LogP contribution in [0.5, 0.6) is 0 Å². The number of rotatable bonds is 5. The van der Waals surface area contributed by atoms with Gasteiger partial charge in [0.25, 0.3) is 5.69 Å². The largest absolute Gasteiger partial charge is 0.384 e. The molecule has 6 nitrogen and oxygen atoms in total. The second kappa shape index (κ2) is 7.14. The van der Waals surface area contributed by atoms with E-state index in [4.69, 9.17) is 0 Å². The molecule has 1 fully saturated rings. The Morgan fingerprint density at radius 1 is 1.15 bits per heavy atom. The van der Waals surface area contributed by atoms with Gasteiger partial charge in [0.2, 0.25) is 0 Å². The van der Waals surface area contributed by atoms with Gasteiger partial charge >= 0.3 is 0 Å². The second-order valence-corrected chi connectivity index (χ2v) is 6.00. The maximum absolute atomic E-state index is 10.8. The van der Waals surface area contributed by atoms with E-state index in [9.17, 15) is 10.1 Å². The molecule has 1 heterocycles. The summed E-state index contributed by atoms with van der Waals surface area (Å²) in [6.45, 7) is 10.2. The zero-order valence-corrected chi connectivity index (χ0v) is 14.5. The van der Waals surface area contributed by atoms with Crippen molar-refractivity contribution in [2.45, 2.75) is 13.0 Å². The minimum absolute atomic E-state index is 0.0477. The van der Waals surface area contributed by atoms with Crippen molar-refractivity contribution in [3.8, 4) is 0 Å². The van der Waals surface area contributed by atoms with Crippen LogP contribution in [0.1, 0.15) is 18.5 Å². The highest BCUT2D eigenvalue weighted by Gasteiger charge is 2.25. The molecule has 2 aromatic carbocycles. The highest BCUT2D eigenvalue weighted by Crippen LogP contribution is 2.31. The molecule has 1 atom stereocenters. The average Bonchev–Trinajstić information content (AvgIpc) is 2.94. The first-order chi connectivity index (χ1) is 12.5. The van der Waals surface area contributed by atoms with Crippen molar-refractivity contribution in [3.63, 3.8) is 0 Å². The second-order valence-electron chi connectivity index (χ2n) is 6.00. The molecule has 1 aliphatic rings. The smallest absolute Gasteiger partial charge is 0.269 e. The molecule has 0 saturated carbocycles. The van der Waals surface area contributed by atoms with Crippen LogP contribution < -0.4 is 15.8 Å². The molecular weight excluding hydrogens is 328 g/mol. The Bertz CT molecular complexity index is 872. The van der Waals surface area contributed by atoms with Gasteiger partial charge in [-0.1, -0.05) is 43.5 Å². The molecule has 0 radical (unpaired) electrons. The number of hydrazine groups is 1. The van der Waals surface area contributed by atoms with Crippen molar-refractivity contribution >= 4 is 11.4 Å². The van der Waals surface area contributed by atoms with Crippen LogP contribution >= 0.6 is 0 Å². The van der Waals surface area contributed by atoms with Crippen LogP contribution in [0.15, 0.2) is 90.9 Å². The molecule has 0 aliphatic carbocycles. The van der Waals surface area contributed by atoms with Gasteiger partial charge in [-0.3, -0.25) is 20.5 Å². The number of non-ortho nitro benzene ring substituents is 1. The van der Waals surface area contributed by atoms with Gasteiger partial charge < -0.3 is 5.32 Å². The lowest BCUT2D eigenvalue weighted by molar-refractivity contribution is -0.384. The third-order valence-corrected chi connectivity index (χ3v) is 4.25. The molecule has 0 spiro atoms. The Morgan fingerprint density at radius 3 is 2.42 bits per heavy atom. The molecule has 1 saturated heterocycles. The first kappa shape index (κ1) is 17.3. The minimum atomic E-state index is -0.421. The third-order valence-electron chi connectivity index (χ3n) is 4.25. The number of hydrogen-bond acceptors (Lipinski definition) is 5. The summed E-state index contributed by atoms with van der Waals surface area (Å²) in [5.41, 5.74) is 7.40. The average molecular weight is 348 g/mol. The zero-order valence-electron chi connectivity index (χ0n) is 14.5. The SMILES string of the molecule is C=C1NN(c2ccc([N+](=O)[O-])cc2)C(=C)/C1=C\N[C@H](C)c1ccccc1. The van der Waals surface area contributed by atoms with Crippen LogP contribution in [0, 0.1) is 10.1 Å². The summed E-state index contributed by atoms with van der Waals surface area (Å²) in [7, 11) is 0. The molecule has 1 aliphatic heterocycles. The number of hydrogen-bond donors (Lipinski definition) is 2. The number of anilines is 1. The summed E-state index contributed by atoms with van der Waals surface area (Å²) in [4.78, 5) is 10.4. The van der Waals surface area contributed by atoms with E-state index in [1.54, 1.807) is 17.1 Å². The Labute approximate surface area is 152 Å². The highest BCUT2D eigenvalue weighted by molar-refractivity contribution is 5.65. The van der Waals surface area contributed by atoms with Crippen molar-refractivity contribution in [3.05, 3.63) is 107 Å². The number of nitrogens with zero attached hydrogens (tertiary/aromatic N) is 2. The van der Waals surface area contributed by atoms with E-state index < -0.39 is 4.92 Å². The molecule has 2 N–H and O–H groups in total. The molecule has 2 aromatic rings. The molecule has 3 rings (SSSR count). The molecular formula is C20H20N4O2. The Morgan fingerprint density at radius 2 is 1.81 bits per heavy atom. The number of nitro groups is 1. The Kier molecular flexibility index (Phi) is 4.75. The van der Waals surface area contributed by atoms with Gasteiger partial charge in [0.15, 0.2) is 0 Å². The maximum atomic E-state index is 10.8. The number of benzene rings is 2. The van der Waals surface area contributed by atoms with E-state index in [2.05, 4.69) is 43.0 Å². The maximum Gasteiger partial charge on any atom is 0.269 e. The van der Waals surface area contributed by atoms with Gasteiger partial charge in [-0.05, 0) is 24.6 Å². The molecule has 0 aromatic heterocycles. The molecule has 0 amide bonds. The van der Waals surface area contributed by atoms with Gasteiger partial charge in [0.1, 0.15) is 0 Å². The topological polar surface area (TPSA) is 70.4 Å². The fraction of sp³-hybridized carbons (Fsp3) is 0.100. The lowest BCUT2D eigenvalue weighted by Gasteiger charge is -2.19. The minimum Gasteiger partial charge on any atom is -0.384 e. The van der Waals surface area contributed by atoms with Crippen molar-refractivity contribution in [1.29, 1.82) is 0 Å². The Balaban J connectivity index is 1.75. The normalized spacial score (nSPS) is 16.5. The quantitative estimate of drug-likeness (QED) is 0.626. The van der Waals surface area contributed by atoms with E-state index in [1.165, 1.54) is 17.7 Å². The summed E-state index contributed by atoms with van der Waals surface area (Å²) in [5, 5.41) is 15.9. The van der Waals surface area contributed by atoms with E-state index >= 15 is 0 Å². The first-order valence-electron chi connectivity index (χ1n) is 8.18. The van der Waals surface area contributed by atoms with Gasteiger partial charge in [0.05, 0.1) is 22.0 Å². The van der Waals surface area contributed by atoms with Crippen LogP contribution in [0.3, 0.4) is 0 Å². The molecule has 132 valence electrons. The van der Waals surface area contributed by atoms with E-state index in [-0.39, 0.29) is 11.7 Å². The van der Waals surface area contributed by atoms with E-state index in [0.29, 0.717) is 5.70 Å². The number of nitro benzene ring substituents is 1. The zero-order chi connectivity index (χ0) is 18.7. The predicted octanol–water partition coefficient (Wildman–Crippen LogP) is 4.18. The van der Waals surface area contributed by atoms with E-state index in [0.717, 1.165) is 17.0 Å². The summed E-state index contributed by atoms with van der Waals surface area (Å²) < 4.78 is 0. The van der Waals surface area contributed by atoms with Crippen LogP contribution in [0.4, 0.5) is 11.4 Å². The fourth-order valence-corrected chi connectivity index (χ4v) is 2.72. The first-order valence-corrected chi connectivity index (χ1v) is 8.18. The standard InChI is InChI=1S/C20H20N4O2/c1-14(17-7-5-4-6-8-17)21-13-20-15(2)22-23(16(20)3)18-9-11-19(12-10-18)24(25)26/h4-14,21-22H,2-3H2,1H3/b20-13-/t14-/m1/s1. The molecule has 6 heteroatoms. The lowest BCUT2D eigenvalue weighted by Crippen LogP contribution is -2.27. The number of nitrogens with one attached hydrogen (secondary N) is 2. The molecule has 0 unspecified atom stereocenters. The lowest BCUT2D eigenvalue weighted by atomic mass is 10.1. The van der Waals surface area contributed by atoms with Crippen LogP contribution in [0.25, 0.3) is 0 Å². The van der Waals surface area contributed by atoms with Crippen LogP contribution in [-0.4, -0.2) is 4.92 Å². The highest BCUT2D eigenvalue weighted by atomic mass is 16.6. The van der Waals surface area contributed by atoms with E-state index in [1.807, 2.05) is 24.4 Å². The van der Waals surface area contributed by atoms with Crippen molar-refractivity contribution in [2.75, 3.05) is 5.01 Å². The van der Waals surface area contributed by atoms with Crippen molar-refractivity contribution < 1.29 is 4.92 Å². The Hall–Kier alpha value is -3.54. The van der Waals surface area contributed by atoms with Crippen LogP contribution in [-0.2, 0) is 0 Å². The third kappa shape index (κ3) is 3.44. The summed E-state index contributed by atoms with van der Waals surface area (Å²) in [5.74, 6) is 0. The fourth-order valence-electron chi connectivity index (χ4n) is 2.72. The van der Waals surface area contributed by atoms with Gasteiger partial charge in [0, 0.05) is 29.9 Å². The van der Waals surface area contributed by atoms with Gasteiger partial charge in [-0.25, -0.2) is 0 Å². The van der Waals surface area contributed by atoms with Crippen molar-refractivity contribution in [2.24, 2.45) is 0 Å². The monoisotopic (exact) mass is 348 g/mol.